The van der Waals surface area contributed by atoms with Gasteiger partial charge in [0.25, 0.3) is 11.8 Å². The highest BCUT2D eigenvalue weighted by Gasteiger charge is 2.25. The van der Waals surface area contributed by atoms with E-state index in [0.29, 0.717) is 42.8 Å². The van der Waals surface area contributed by atoms with Crippen molar-refractivity contribution in [1.29, 1.82) is 0 Å². The summed E-state index contributed by atoms with van der Waals surface area (Å²) in [6.45, 7) is 5.32. The normalized spacial score (nSPS) is 17.3. The van der Waals surface area contributed by atoms with E-state index in [9.17, 15) is 9.59 Å². The molecule has 2 aliphatic heterocycles. The summed E-state index contributed by atoms with van der Waals surface area (Å²) >= 11 is 0. The molecule has 2 amide bonds. The third kappa shape index (κ3) is 5.23. The fourth-order valence-electron chi connectivity index (χ4n) is 4.44. The van der Waals surface area contributed by atoms with Crippen LogP contribution < -0.4 is 9.47 Å². The first-order chi connectivity index (χ1) is 15.7. The predicted molar refractivity (Wildman–Crippen MR) is 120 cm³/mol. The summed E-state index contributed by atoms with van der Waals surface area (Å²) in [6, 6.07) is 5.61. The molecule has 3 heterocycles. The summed E-state index contributed by atoms with van der Waals surface area (Å²) in [4.78, 5) is 33.4. The number of hydrogen-bond acceptors (Lipinski definition) is 5. The zero-order chi connectivity index (χ0) is 22.3. The first kappa shape index (κ1) is 22.2. The molecule has 32 heavy (non-hydrogen) atoms. The van der Waals surface area contributed by atoms with Crippen molar-refractivity contribution in [2.24, 2.45) is 0 Å². The molecule has 2 fully saturated rings. The number of carbonyl (C=O) groups excluding carboxylic acids is 2. The third-order valence-corrected chi connectivity index (χ3v) is 6.25. The Kier molecular flexibility index (Phi) is 7.29. The second-order valence-electron chi connectivity index (χ2n) is 8.36. The summed E-state index contributed by atoms with van der Waals surface area (Å²) in [6.07, 6.45) is 10.7. The van der Waals surface area contributed by atoms with Crippen LogP contribution in [0, 0.1) is 0 Å². The van der Waals surface area contributed by atoms with Gasteiger partial charge >= 0.3 is 0 Å². The van der Waals surface area contributed by atoms with Crippen LogP contribution in [0.25, 0.3) is 0 Å². The number of rotatable bonds is 7. The fraction of sp³-hybridized carbons (Fsp3) is 0.542. The average molecular weight is 441 g/mol. The van der Waals surface area contributed by atoms with Crippen LogP contribution in [0.2, 0.25) is 0 Å². The van der Waals surface area contributed by atoms with Gasteiger partial charge in [-0.2, -0.15) is 0 Å². The number of piperidine rings is 2. The lowest BCUT2D eigenvalue weighted by atomic mass is 10.0. The van der Waals surface area contributed by atoms with E-state index in [1.165, 1.54) is 6.42 Å². The largest absolute Gasteiger partial charge is 0.490 e. The Labute approximate surface area is 189 Å². The first-order valence-corrected chi connectivity index (χ1v) is 11.6. The van der Waals surface area contributed by atoms with E-state index in [1.807, 2.05) is 29.2 Å². The van der Waals surface area contributed by atoms with Crippen LogP contribution >= 0.6 is 0 Å². The lowest BCUT2D eigenvalue weighted by Crippen LogP contribution is -2.39. The lowest BCUT2D eigenvalue weighted by molar-refractivity contribution is -0.134. The van der Waals surface area contributed by atoms with Gasteiger partial charge in [0.2, 0.25) is 0 Å². The van der Waals surface area contributed by atoms with Gasteiger partial charge in [-0.25, -0.2) is 4.98 Å². The van der Waals surface area contributed by atoms with Crippen LogP contribution in [0.4, 0.5) is 0 Å². The molecule has 172 valence electrons. The van der Waals surface area contributed by atoms with Gasteiger partial charge in [-0.3, -0.25) is 9.59 Å². The summed E-state index contributed by atoms with van der Waals surface area (Å²) in [5, 5.41) is 0. The smallest absolute Gasteiger partial charge is 0.260 e. The number of ether oxygens (including phenoxy) is 2. The maximum absolute atomic E-state index is 13.1. The molecule has 0 spiro atoms. The third-order valence-electron chi connectivity index (χ3n) is 6.25. The molecular formula is C24H32N4O4. The number of hydrogen-bond donors (Lipinski definition) is 0. The van der Waals surface area contributed by atoms with Gasteiger partial charge < -0.3 is 23.8 Å². The molecule has 0 bridgehead atoms. The van der Waals surface area contributed by atoms with Crippen LogP contribution in [-0.4, -0.2) is 70.6 Å². The molecule has 0 aliphatic carbocycles. The SMILES string of the molecule is CCOc1cc(C(=O)N2CCC(n3ccnc3)CC2)ccc1OCC(=O)N1CCCCC1. The second kappa shape index (κ2) is 10.5. The molecule has 1 aromatic carbocycles. The number of imidazole rings is 1. The molecule has 0 radical (unpaired) electrons. The van der Waals surface area contributed by atoms with Crippen molar-refractivity contribution < 1.29 is 19.1 Å². The maximum Gasteiger partial charge on any atom is 0.260 e. The quantitative estimate of drug-likeness (QED) is 0.661. The maximum atomic E-state index is 13.1. The van der Waals surface area contributed by atoms with E-state index in [4.69, 9.17) is 9.47 Å². The van der Waals surface area contributed by atoms with Crippen molar-refractivity contribution in [3.63, 3.8) is 0 Å². The van der Waals surface area contributed by atoms with E-state index in [2.05, 4.69) is 9.55 Å². The van der Waals surface area contributed by atoms with Gasteiger partial charge in [-0.05, 0) is 57.2 Å². The van der Waals surface area contributed by atoms with Gasteiger partial charge in [0.1, 0.15) is 0 Å². The van der Waals surface area contributed by atoms with Gasteiger partial charge in [0.05, 0.1) is 12.9 Å². The summed E-state index contributed by atoms with van der Waals surface area (Å²) < 4.78 is 13.6. The highest BCUT2D eigenvalue weighted by molar-refractivity contribution is 5.95. The van der Waals surface area contributed by atoms with E-state index in [1.54, 1.807) is 24.4 Å². The Morgan fingerprint density at radius 1 is 1.00 bits per heavy atom. The van der Waals surface area contributed by atoms with Gasteiger partial charge in [0.15, 0.2) is 18.1 Å². The predicted octanol–water partition coefficient (Wildman–Crippen LogP) is 3.15. The minimum absolute atomic E-state index is 0.00642. The van der Waals surface area contributed by atoms with Crippen LogP contribution in [-0.2, 0) is 4.79 Å². The topological polar surface area (TPSA) is 76.9 Å². The summed E-state index contributed by atoms with van der Waals surface area (Å²) in [5.74, 6) is 0.977. The lowest BCUT2D eigenvalue weighted by Gasteiger charge is -2.32. The van der Waals surface area contributed by atoms with Crippen molar-refractivity contribution in [3.8, 4) is 11.5 Å². The van der Waals surface area contributed by atoms with Crippen molar-refractivity contribution in [2.75, 3.05) is 39.4 Å². The molecule has 2 aromatic rings. The Morgan fingerprint density at radius 3 is 2.47 bits per heavy atom. The number of likely N-dealkylation sites (tertiary alicyclic amines) is 2. The van der Waals surface area contributed by atoms with E-state index in [-0.39, 0.29) is 18.4 Å². The number of aromatic nitrogens is 2. The standard InChI is InChI=1S/C24H32N4O4/c1-2-31-22-16-19(6-7-21(22)32-17-23(29)26-11-4-3-5-12-26)24(30)27-13-8-20(9-14-27)28-15-10-25-18-28/h6-7,10,15-16,18,20H,2-5,8-9,11-14,17H2,1H3. The zero-order valence-corrected chi connectivity index (χ0v) is 18.7. The van der Waals surface area contributed by atoms with Gasteiger partial charge in [-0.15, -0.1) is 0 Å². The average Bonchev–Trinajstić information content (AvgIpc) is 3.38. The van der Waals surface area contributed by atoms with E-state index < -0.39 is 0 Å². The Hall–Kier alpha value is -3.03. The number of amides is 2. The fourth-order valence-corrected chi connectivity index (χ4v) is 4.44. The molecule has 2 saturated heterocycles. The minimum atomic E-state index is -0.0187. The zero-order valence-electron chi connectivity index (χ0n) is 18.7. The molecule has 0 saturated carbocycles. The van der Waals surface area contributed by atoms with Gasteiger partial charge in [0, 0.05) is 50.2 Å². The van der Waals surface area contributed by atoms with E-state index in [0.717, 1.165) is 38.8 Å². The monoisotopic (exact) mass is 440 g/mol. The molecule has 2 aliphatic rings. The Balaban J connectivity index is 1.37. The second-order valence-corrected chi connectivity index (χ2v) is 8.36. The van der Waals surface area contributed by atoms with Gasteiger partial charge in [-0.1, -0.05) is 0 Å². The van der Waals surface area contributed by atoms with Crippen molar-refractivity contribution >= 4 is 11.8 Å². The minimum Gasteiger partial charge on any atom is -0.490 e. The van der Waals surface area contributed by atoms with Crippen LogP contribution in [0.1, 0.15) is 55.4 Å². The highest BCUT2D eigenvalue weighted by atomic mass is 16.5. The van der Waals surface area contributed by atoms with Crippen molar-refractivity contribution in [3.05, 3.63) is 42.5 Å². The van der Waals surface area contributed by atoms with Crippen LogP contribution in [0.3, 0.4) is 0 Å². The summed E-state index contributed by atoms with van der Waals surface area (Å²) in [5.41, 5.74) is 0.573. The molecule has 4 rings (SSSR count). The Bertz CT molecular complexity index is 901. The van der Waals surface area contributed by atoms with Crippen molar-refractivity contribution in [1.82, 2.24) is 19.4 Å². The van der Waals surface area contributed by atoms with E-state index >= 15 is 0 Å². The number of carbonyl (C=O) groups is 2. The van der Waals surface area contributed by atoms with Crippen molar-refractivity contribution in [2.45, 2.75) is 45.1 Å². The Morgan fingerprint density at radius 2 is 1.78 bits per heavy atom. The molecule has 0 atom stereocenters. The molecular weight excluding hydrogens is 408 g/mol. The highest BCUT2D eigenvalue weighted by Crippen LogP contribution is 2.30. The molecule has 8 heteroatoms. The molecule has 0 N–H and O–H groups in total. The molecule has 8 nitrogen and oxygen atoms in total. The first-order valence-electron chi connectivity index (χ1n) is 11.6. The van der Waals surface area contributed by atoms with Crippen LogP contribution in [0.5, 0.6) is 11.5 Å². The number of nitrogens with zero attached hydrogens (tertiary/aromatic N) is 4. The van der Waals surface area contributed by atoms with Crippen LogP contribution in [0.15, 0.2) is 36.9 Å². The summed E-state index contributed by atoms with van der Waals surface area (Å²) in [7, 11) is 0. The number of benzene rings is 1. The molecule has 0 unspecified atom stereocenters. The molecule has 1 aromatic heterocycles.